The zero-order chi connectivity index (χ0) is 50.9. The van der Waals surface area contributed by atoms with E-state index in [2.05, 4.69) is 0 Å². The molecule has 0 aliphatic heterocycles. The van der Waals surface area contributed by atoms with Crippen LogP contribution in [-0.2, 0) is 4.74 Å². The summed E-state index contributed by atoms with van der Waals surface area (Å²) in [6.45, 7) is 0. The lowest BCUT2D eigenvalue weighted by Crippen LogP contribution is -2.76. The maximum absolute atomic E-state index is 13.8. The molecule has 0 spiro atoms. The van der Waals surface area contributed by atoms with Crippen molar-refractivity contribution in [2.45, 2.75) is 120 Å². The van der Waals surface area contributed by atoms with Gasteiger partial charge in [0.2, 0.25) is 0 Å². The van der Waals surface area contributed by atoms with Crippen molar-refractivity contribution in [3.05, 3.63) is 0 Å². The average molecular weight is 1020 g/mol. The highest BCUT2D eigenvalue weighted by Crippen LogP contribution is 2.67. The van der Waals surface area contributed by atoms with Gasteiger partial charge in [-0.3, -0.25) is 4.74 Å². The van der Waals surface area contributed by atoms with Crippen LogP contribution < -0.4 is 0 Å². The van der Waals surface area contributed by atoms with Crippen LogP contribution in [0.25, 0.3) is 0 Å². The fourth-order valence-corrected chi connectivity index (χ4v) is 3.38. The van der Waals surface area contributed by atoms with E-state index in [0.717, 1.165) is 4.74 Å². The smallest absolute Gasteiger partial charge is 0.250 e. The lowest BCUT2D eigenvalue weighted by atomic mass is 9.87. The molecule has 0 fully saturated rings. The van der Waals surface area contributed by atoms with E-state index in [1.807, 2.05) is 0 Å². The summed E-state index contributed by atoms with van der Waals surface area (Å²) in [4.78, 5) is 0. The lowest BCUT2D eigenvalue weighted by Gasteiger charge is -2.44. The largest absolute Gasteiger partial charge is 0.460 e. The summed E-state index contributed by atoms with van der Waals surface area (Å²) in [5.41, 5.74) is 0. The van der Waals surface area contributed by atoms with E-state index in [1.54, 1.807) is 0 Å². The van der Waals surface area contributed by atoms with Crippen molar-refractivity contribution < 1.29 is 180 Å². The van der Waals surface area contributed by atoms with E-state index < -0.39 is 120 Å². The standard InChI is InChI=1S/C20H2F40O/c21-1(3(23,24)7(31,32)9(35,36)11(39,40)13(43,44)15(47,48)17(51,52)19(55,56)57)5(27,28)61-6(29,30)2(22)4(25,26)8(33,34)10(37,38)12(41,42)14(45,46)16(49,50)18(53,54)20(58,59)60/h1-2H. The Morgan fingerprint density at radius 1 is 0.197 bits per heavy atom. The highest BCUT2D eigenvalue weighted by atomic mass is 19.4. The van der Waals surface area contributed by atoms with Crippen LogP contribution in [0.1, 0.15) is 0 Å². The first-order valence-electron chi connectivity index (χ1n) is 12.7. The van der Waals surface area contributed by atoms with Crippen LogP contribution in [0.4, 0.5) is 176 Å². The second kappa shape index (κ2) is 14.3. The first kappa shape index (κ1) is 58.2. The van der Waals surface area contributed by atoms with Crippen molar-refractivity contribution in [3.8, 4) is 0 Å². The molecule has 0 amide bonds. The molecule has 0 saturated carbocycles. The summed E-state index contributed by atoms with van der Waals surface area (Å²) in [6.07, 6.45) is -50.2. The number of ether oxygens (including phenoxy) is 1. The van der Waals surface area contributed by atoms with Gasteiger partial charge in [0, 0.05) is 0 Å². The summed E-state index contributed by atoms with van der Waals surface area (Å²) >= 11 is 0. The van der Waals surface area contributed by atoms with Gasteiger partial charge < -0.3 is 0 Å². The predicted octanol–water partition coefficient (Wildman–Crippen LogP) is 12.9. The van der Waals surface area contributed by atoms with Crippen LogP contribution in [0.15, 0.2) is 0 Å². The normalized spacial score (nSPS) is 18.1. The van der Waals surface area contributed by atoms with Gasteiger partial charge in [-0.05, 0) is 0 Å². The first-order chi connectivity index (χ1) is 25.5. The zero-order valence-electron chi connectivity index (χ0n) is 25.7. The number of rotatable bonds is 18. The molecule has 0 bridgehead atoms. The van der Waals surface area contributed by atoms with E-state index >= 15 is 0 Å². The highest BCUT2D eigenvalue weighted by Gasteiger charge is 2.98. The van der Waals surface area contributed by atoms with Crippen LogP contribution in [0.2, 0.25) is 0 Å². The topological polar surface area (TPSA) is 9.23 Å². The third kappa shape index (κ3) is 7.41. The molecule has 0 heterocycles. The van der Waals surface area contributed by atoms with Gasteiger partial charge >= 0.3 is 107 Å². The van der Waals surface area contributed by atoms with E-state index in [4.69, 9.17) is 0 Å². The molecular formula is C20H2F40O. The van der Waals surface area contributed by atoms with Crippen LogP contribution in [0.5, 0.6) is 0 Å². The van der Waals surface area contributed by atoms with Gasteiger partial charge in [-0.25, -0.2) is 8.78 Å². The van der Waals surface area contributed by atoms with Crippen molar-refractivity contribution >= 4 is 0 Å². The Morgan fingerprint density at radius 2 is 0.328 bits per heavy atom. The maximum atomic E-state index is 13.8. The fourth-order valence-electron chi connectivity index (χ4n) is 3.38. The summed E-state index contributed by atoms with van der Waals surface area (Å²) in [5.74, 6) is -133. The minimum atomic E-state index is -9.82. The van der Waals surface area contributed by atoms with E-state index in [0.29, 0.717) is 0 Å². The predicted molar refractivity (Wildman–Crippen MR) is 102 cm³/mol. The Hall–Kier alpha value is -2.84. The number of hydrogen-bond donors (Lipinski definition) is 0. The second-order valence-corrected chi connectivity index (χ2v) is 11.1. The molecule has 1 nitrogen and oxygen atoms in total. The number of hydrogen-bond acceptors (Lipinski definition) is 1. The molecule has 41 heteroatoms. The van der Waals surface area contributed by atoms with Crippen molar-refractivity contribution in [2.75, 3.05) is 0 Å². The Morgan fingerprint density at radius 3 is 0.475 bits per heavy atom. The lowest BCUT2D eigenvalue weighted by molar-refractivity contribution is -0.482. The van der Waals surface area contributed by atoms with Crippen LogP contribution in [0.3, 0.4) is 0 Å². The zero-order valence-corrected chi connectivity index (χ0v) is 25.7. The molecule has 0 aliphatic carbocycles. The van der Waals surface area contributed by atoms with Gasteiger partial charge in [-0.15, -0.1) is 0 Å². The second-order valence-electron chi connectivity index (χ2n) is 11.1. The van der Waals surface area contributed by atoms with Crippen LogP contribution in [0, 0.1) is 0 Å². The van der Waals surface area contributed by atoms with Crippen LogP contribution in [-0.4, -0.2) is 120 Å². The molecular weight excluding hydrogens is 1020 g/mol. The van der Waals surface area contributed by atoms with Crippen LogP contribution >= 0.6 is 0 Å². The molecule has 0 N–H and O–H groups in total. The summed E-state index contributed by atoms with van der Waals surface area (Å²) in [6, 6.07) is 0. The van der Waals surface area contributed by atoms with Crippen molar-refractivity contribution in [1.82, 2.24) is 0 Å². The molecule has 0 aromatic carbocycles. The monoisotopic (exact) mass is 1020 g/mol. The third-order valence-electron chi connectivity index (χ3n) is 6.99. The summed E-state index contributed by atoms with van der Waals surface area (Å²) in [5, 5.41) is 0. The van der Waals surface area contributed by atoms with Gasteiger partial charge in [0.15, 0.2) is 0 Å². The molecule has 0 aliphatic rings. The fraction of sp³-hybridized carbons (Fsp3) is 1.00. The molecule has 2 atom stereocenters. The molecule has 368 valence electrons. The quantitative estimate of drug-likeness (QED) is 0.124. The van der Waals surface area contributed by atoms with E-state index in [1.165, 1.54) is 0 Å². The Kier molecular flexibility index (Phi) is 13.7. The maximum Gasteiger partial charge on any atom is 0.460 e. The van der Waals surface area contributed by atoms with Gasteiger partial charge in [0.25, 0.3) is 12.3 Å². The highest BCUT2D eigenvalue weighted by molar-refractivity contribution is 5.18. The number of halogens is 40. The molecule has 61 heavy (non-hydrogen) atoms. The van der Waals surface area contributed by atoms with Gasteiger partial charge in [-0.1, -0.05) is 0 Å². The average Bonchev–Trinajstić information content (AvgIpc) is 3.00. The molecule has 0 aromatic rings. The van der Waals surface area contributed by atoms with Gasteiger partial charge in [0.05, 0.1) is 0 Å². The molecule has 0 saturated heterocycles. The Balaban J connectivity index is 7.33. The van der Waals surface area contributed by atoms with E-state index in [-0.39, 0.29) is 0 Å². The van der Waals surface area contributed by atoms with E-state index in [9.17, 15) is 176 Å². The van der Waals surface area contributed by atoms with Gasteiger partial charge in [0.1, 0.15) is 0 Å². The molecule has 0 radical (unpaired) electrons. The van der Waals surface area contributed by atoms with Gasteiger partial charge in [-0.2, -0.15) is 167 Å². The first-order valence-corrected chi connectivity index (χ1v) is 12.7. The molecule has 2 unspecified atom stereocenters. The Labute approximate surface area is 301 Å². The van der Waals surface area contributed by atoms with Crippen molar-refractivity contribution in [2.24, 2.45) is 0 Å². The minimum Gasteiger partial charge on any atom is -0.250 e. The van der Waals surface area contributed by atoms with Crippen molar-refractivity contribution in [1.29, 1.82) is 0 Å². The van der Waals surface area contributed by atoms with Crippen molar-refractivity contribution in [3.63, 3.8) is 0 Å². The minimum absolute atomic E-state index is 0.823. The molecule has 0 rings (SSSR count). The third-order valence-corrected chi connectivity index (χ3v) is 6.99. The SMILES string of the molecule is FC(C(F)(F)OC(F)(F)C(F)C(F)(F)C(F)(F)C(F)(F)C(F)(F)C(F)(F)C(F)(F)C(F)(F)C(F)(F)F)C(F)(F)C(F)(F)C(F)(F)C(F)(F)C(F)(F)C(F)(F)C(F)(F)C(F)(F)F. The molecule has 0 aromatic heterocycles. The summed E-state index contributed by atoms with van der Waals surface area (Å²) in [7, 11) is 0. The Bertz CT molecular complexity index is 1440. The summed E-state index contributed by atoms with van der Waals surface area (Å²) < 4.78 is 532. The number of alkyl halides is 40.